The largest absolute Gasteiger partial charge is 0.516 e. The van der Waals surface area contributed by atoms with Crippen molar-refractivity contribution in [3.8, 4) is 5.75 Å². The van der Waals surface area contributed by atoms with Crippen LogP contribution in [0.2, 0.25) is 5.02 Å². The Morgan fingerprint density at radius 3 is 2.61 bits per heavy atom. The normalized spacial score (nSPS) is 9.72. The van der Waals surface area contributed by atoms with E-state index in [0.29, 0.717) is 0 Å². The van der Waals surface area contributed by atoms with E-state index in [-0.39, 0.29) is 28.6 Å². The lowest BCUT2D eigenvalue weighted by Crippen LogP contribution is -2.15. The Kier molecular flexibility index (Phi) is 4.79. The maximum absolute atomic E-state index is 11.7. The highest BCUT2D eigenvalue weighted by Gasteiger charge is 2.19. The Labute approximate surface area is 109 Å². The van der Waals surface area contributed by atoms with Crippen LogP contribution in [0.15, 0.2) is 12.1 Å². The molecular weight excluding hydrogens is 262 g/mol. The standard InChI is InChI=1S/C11H12ClNO5/c1-3-17-11(15)18-10(14)6-4-7(12)8(13)5-9(6)16-2/h4-5H,3,13H2,1-2H3. The number of anilines is 1. The van der Waals surface area contributed by atoms with Crippen molar-refractivity contribution in [1.29, 1.82) is 0 Å². The highest BCUT2D eigenvalue weighted by molar-refractivity contribution is 6.33. The predicted octanol–water partition coefficient (Wildman–Crippen LogP) is 2.24. The quantitative estimate of drug-likeness (QED) is 0.516. The summed E-state index contributed by atoms with van der Waals surface area (Å²) in [5.74, 6) is -0.765. The maximum Gasteiger partial charge on any atom is 0.516 e. The van der Waals surface area contributed by atoms with Crippen molar-refractivity contribution in [2.45, 2.75) is 6.92 Å². The molecule has 1 rings (SSSR count). The lowest BCUT2D eigenvalue weighted by molar-refractivity contribution is 0.0399. The molecule has 0 aliphatic carbocycles. The van der Waals surface area contributed by atoms with Crippen molar-refractivity contribution in [3.05, 3.63) is 22.7 Å². The van der Waals surface area contributed by atoms with Gasteiger partial charge in [0.1, 0.15) is 11.3 Å². The minimum Gasteiger partial charge on any atom is -0.496 e. The van der Waals surface area contributed by atoms with Gasteiger partial charge in [0.2, 0.25) is 0 Å². The van der Waals surface area contributed by atoms with E-state index in [1.54, 1.807) is 6.92 Å². The first-order valence-corrected chi connectivity index (χ1v) is 5.39. The molecule has 98 valence electrons. The molecule has 0 saturated heterocycles. The molecular formula is C11H12ClNO5. The minimum atomic E-state index is -1.09. The number of hydrogen-bond donors (Lipinski definition) is 1. The molecule has 0 bridgehead atoms. The topological polar surface area (TPSA) is 87.9 Å². The maximum atomic E-state index is 11.7. The summed E-state index contributed by atoms with van der Waals surface area (Å²) in [6.45, 7) is 1.69. The number of nitrogens with two attached hydrogens (primary N) is 1. The SMILES string of the molecule is CCOC(=O)OC(=O)c1cc(Cl)c(N)cc1OC. The Balaban J connectivity index is 2.98. The first kappa shape index (κ1) is 14.1. The van der Waals surface area contributed by atoms with Crippen LogP contribution in [0.4, 0.5) is 10.5 Å². The molecule has 0 amide bonds. The monoisotopic (exact) mass is 273 g/mol. The minimum absolute atomic E-state index is 0.00949. The fourth-order valence-corrected chi connectivity index (χ4v) is 1.34. The number of ether oxygens (including phenoxy) is 3. The van der Waals surface area contributed by atoms with Gasteiger partial charge in [-0.3, -0.25) is 0 Å². The number of carbonyl (C=O) groups excluding carboxylic acids is 2. The van der Waals surface area contributed by atoms with E-state index >= 15 is 0 Å². The number of nitrogen functional groups attached to an aromatic ring is 1. The molecule has 1 aromatic rings. The van der Waals surface area contributed by atoms with Crippen LogP contribution in [-0.4, -0.2) is 25.8 Å². The molecule has 0 heterocycles. The average Bonchev–Trinajstić information content (AvgIpc) is 2.32. The number of rotatable bonds is 3. The summed E-state index contributed by atoms with van der Waals surface area (Å²) in [7, 11) is 1.35. The summed E-state index contributed by atoms with van der Waals surface area (Å²) < 4.78 is 13.9. The Hall–Kier alpha value is -1.95. The average molecular weight is 274 g/mol. The highest BCUT2D eigenvalue weighted by Crippen LogP contribution is 2.29. The van der Waals surface area contributed by atoms with Crippen LogP contribution in [0.25, 0.3) is 0 Å². The summed E-state index contributed by atoms with van der Waals surface area (Å²) in [5, 5.41) is 0.159. The number of esters is 1. The van der Waals surface area contributed by atoms with Crippen LogP contribution >= 0.6 is 11.6 Å². The van der Waals surface area contributed by atoms with E-state index < -0.39 is 12.1 Å². The number of benzene rings is 1. The van der Waals surface area contributed by atoms with Crippen LogP contribution in [0.5, 0.6) is 5.75 Å². The molecule has 6 nitrogen and oxygen atoms in total. The molecule has 2 N–H and O–H groups in total. The van der Waals surface area contributed by atoms with Crippen molar-refractivity contribution in [3.63, 3.8) is 0 Å². The molecule has 0 fully saturated rings. The molecule has 0 atom stereocenters. The number of halogens is 1. The van der Waals surface area contributed by atoms with Gasteiger partial charge in [-0.25, -0.2) is 9.59 Å². The first-order valence-electron chi connectivity index (χ1n) is 5.01. The number of methoxy groups -OCH3 is 1. The first-order chi connectivity index (χ1) is 8.49. The predicted molar refractivity (Wildman–Crippen MR) is 64.9 cm³/mol. The van der Waals surface area contributed by atoms with Crippen molar-refractivity contribution < 1.29 is 23.8 Å². The molecule has 0 spiro atoms. The second kappa shape index (κ2) is 6.11. The summed E-state index contributed by atoms with van der Waals surface area (Å²) >= 11 is 5.78. The van der Waals surface area contributed by atoms with Gasteiger partial charge >= 0.3 is 12.1 Å². The van der Waals surface area contributed by atoms with Gasteiger partial charge in [0.05, 0.1) is 24.4 Å². The van der Waals surface area contributed by atoms with Gasteiger partial charge in [0, 0.05) is 6.07 Å². The zero-order valence-electron chi connectivity index (χ0n) is 9.86. The van der Waals surface area contributed by atoms with Crippen LogP contribution in [0, 0.1) is 0 Å². The number of carbonyl (C=O) groups is 2. The van der Waals surface area contributed by atoms with E-state index in [1.165, 1.54) is 19.2 Å². The third-order valence-electron chi connectivity index (χ3n) is 1.98. The molecule has 0 saturated carbocycles. The van der Waals surface area contributed by atoms with Gasteiger partial charge in [0.15, 0.2) is 0 Å². The molecule has 7 heteroatoms. The third kappa shape index (κ3) is 3.27. The smallest absolute Gasteiger partial charge is 0.496 e. The summed E-state index contributed by atoms with van der Waals surface area (Å²) in [5.41, 5.74) is 5.80. The van der Waals surface area contributed by atoms with E-state index in [9.17, 15) is 9.59 Å². The molecule has 18 heavy (non-hydrogen) atoms. The highest BCUT2D eigenvalue weighted by atomic mass is 35.5. The fourth-order valence-electron chi connectivity index (χ4n) is 1.18. The Bertz CT molecular complexity index is 475. The Morgan fingerprint density at radius 1 is 1.39 bits per heavy atom. The fraction of sp³-hybridized carbons (Fsp3) is 0.273. The second-order valence-electron chi connectivity index (χ2n) is 3.15. The molecule has 0 unspecified atom stereocenters. The molecule has 0 aliphatic heterocycles. The molecule has 0 aromatic heterocycles. The summed E-state index contributed by atoms with van der Waals surface area (Å²) in [6, 6.07) is 2.63. The zero-order valence-corrected chi connectivity index (χ0v) is 10.6. The third-order valence-corrected chi connectivity index (χ3v) is 2.30. The van der Waals surface area contributed by atoms with E-state index in [0.717, 1.165) is 0 Å². The van der Waals surface area contributed by atoms with Crippen molar-refractivity contribution >= 4 is 29.4 Å². The molecule has 0 aliphatic rings. The van der Waals surface area contributed by atoms with Crippen molar-refractivity contribution in [1.82, 2.24) is 0 Å². The molecule has 1 aromatic carbocycles. The van der Waals surface area contributed by atoms with Gasteiger partial charge in [-0.15, -0.1) is 0 Å². The van der Waals surface area contributed by atoms with Crippen molar-refractivity contribution in [2.75, 3.05) is 19.5 Å². The van der Waals surface area contributed by atoms with Gasteiger partial charge < -0.3 is 19.9 Å². The number of hydrogen-bond acceptors (Lipinski definition) is 6. The van der Waals surface area contributed by atoms with Gasteiger partial charge in [-0.1, -0.05) is 11.6 Å². The van der Waals surface area contributed by atoms with E-state index in [1.807, 2.05) is 0 Å². The summed E-state index contributed by atoms with van der Waals surface area (Å²) in [6.07, 6.45) is -1.09. The van der Waals surface area contributed by atoms with E-state index in [2.05, 4.69) is 9.47 Å². The van der Waals surface area contributed by atoms with Crippen LogP contribution < -0.4 is 10.5 Å². The van der Waals surface area contributed by atoms with Gasteiger partial charge in [-0.05, 0) is 13.0 Å². The van der Waals surface area contributed by atoms with Crippen molar-refractivity contribution in [2.24, 2.45) is 0 Å². The summed E-state index contributed by atoms with van der Waals surface area (Å²) in [4.78, 5) is 22.7. The van der Waals surface area contributed by atoms with Gasteiger partial charge in [0.25, 0.3) is 0 Å². The van der Waals surface area contributed by atoms with Gasteiger partial charge in [-0.2, -0.15) is 0 Å². The lowest BCUT2D eigenvalue weighted by atomic mass is 10.2. The lowest BCUT2D eigenvalue weighted by Gasteiger charge is -2.09. The second-order valence-corrected chi connectivity index (χ2v) is 3.55. The molecule has 0 radical (unpaired) electrons. The van der Waals surface area contributed by atoms with Crippen LogP contribution in [-0.2, 0) is 9.47 Å². The van der Waals surface area contributed by atoms with E-state index in [4.69, 9.17) is 22.1 Å². The van der Waals surface area contributed by atoms with Crippen LogP contribution in [0.3, 0.4) is 0 Å². The zero-order chi connectivity index (χ0) is 13.7. The Morgan fingerprint density at radius 2 is 2.06 bits per heavy atom. The van der Waals surface area contributed by atoms with Crippen LogP contribution in [0.1, 0.15) is 17.3 Å².